The van der Waals surface area contributed by atoms with Crippen LogP contribution in [0.15, 0.2) is 4.79 Å². The molecule has 0 aliphatic rings. The van der Waals surface area contributed by atoms with E-state index in [1.54, 1.807) is 0 Å². The summed E-state index contributed by atoms with van der Waals surface area (Å²) in [5, 5.41) is 3.84. The molecule has 1 aromatic heterocycles. The maximum atomic E-state index is 11.0. The Morgan fingerprint density at radius 1 is 1.73 bits per heavy atom. The van der Waals surface area contributed by atoms with Crippen LogP contribution in [0.1, 0.15) is 13.8 Å². The van der Waals surface area contributed by atoms with Crippen LogP contribution in [0.3, 0.4) is 0 Å². The molecule has 1 aromatic rings. The average molecular weight is 193 g/mol. The van der Waals surface area contributed by atoms with Crippen LogP contribution < -0.4 is 4.87 Å². The summed E-state index contributed by atoms with van der Waals surface area (Å²) >= 11 is 6.51. The molecule has 0 fully saturated rings. The van der Waals surface area contributed by atoms with E-state index in [1.165, 1.54) is 4.68 Å². The van der Waals surface area contributed by atoms with E-state index in [4.69, 9.17) is 11.6 Å². The number of aromatic nitrogens is 2. The molecule has 0 aromatic carbocycles. The second kappa shape index (κ2) is 3.36. The molecule has 1 rings (SSSR count). The molecule has 5 heteroatoms. The van der Waals surface area contributed by atoms with E-state index in [9.17, 15) is 4.79 Å². The van der Waals surface area contributed by atoms with Gasteiger partial charge in [-0.15, -0.1) is 5.10 Å². The van der Waals surface area contributed by atoms with E-state index >= 15 is 0 Å². The molecule has 0 unspecified atom stereocenters. The van der Waals surface area contributed by atoms with Gasteiger partial charge in [0, 0.05) is 6.54 Å². The maximum Gasteiger partial charge on any atom is 0.326 e. The van der Waals surface area contributed by atoms with Crippen molar-refractivity contribution >= 4 is 22.9 Å². The SMILES string of the molecule is CC(C)Cn1nc(Cl)sc1=O. The fourth-order valence-electron chi connectivity index (χ4n) is 0.742. The standard InChI is InChI=1S/C6H9ClN2OS/c1-4(2)3-9-6(10)11-5(7)8-9/h4H,3H2,1-2H3. The number of hydrogen-bond donors (Lipinski definition) is 0. The van der Waals surface area contributed by atoms with Gasteiger partial charge in [0.05, 0.1) is 0 Å². The van der Waals surface area contributed by atoms with Gasteiger partial charge in [0.2, 0.25) is 4.47 Å². The summed E-state index contributed by atoms with van der Waals surface area (Å²) in [6.07, 6.45) is 0. The van der Waals surface area contributed by atoms with Crippen molar-refractivity contribution in [2.75, 3.05) is 0 Å². The minimum atomic E-state index is -0.0799. The molecule has 62 valence electrons. The molecule has 0 aliphatic heterocycles. The predicted octanol–water partition coefficient (Wildman–Crippen LogP) is 1.61. The minimum Gasteiger partial charge on any atom is -0.255 e. The lowest BCUT2D eigenvalue weighted by atomic mass is 10.2. The zero-order valence-corrected chi connectivity index (χ0v) is 7.95. The first-order chi connectivity index (χ1) is 5.09. The first-order valence-corrected chi connectivity index (χ1v) is 4.52. The van der Waals surface area contributed by atoms with Crippen LogP contribution in [0.25, 0.3) is 0 Å². The molecule has 0 amide bonds. The summed E-state index contributed by atoms with van der Waals surface area (Å²) in [6, 6.07) is 0. The van der Waals surface area contributed by atoms with Crippen molar-refractivity contribution in [2.24, 2.45) is 5.92 Å². The normalized spacial score (nSPS) is 10.9. The molecule has 1 heterocycles. The number of nitrogens with zero attached hydrogens (tertiary/aromatic N) is 2. The Morgan fingerprint density at radius 2 is 2.36 bits per heavy atom. The third-order valence-electron chi connectivity index (χ3n) is 1.12. The van der Waals surface area contributed by atoms with E-state index in [1.807, 2.05) is 13.8 Å². The Labute approximate surface area is 73.6 Å². The average Bonchev–Trinajstić information content (AvgIpc) is 2.09. The van der Waals surface area contributed by atoms with Gasteiger partial charge in [0.15, 0.2) is 0 Å². The maximum absolute atomic E-state index is 11.0. The van der Waals surface area contributed by atoms with E-state index in [0.29, 0.717) is 16.9 Å². The molecule has 11 heavy (non-hydrogen) atoms. The van der Waals surface area contributed by atoms with Crippen LogP contribution in [-0.4, -0.2) is 9.78 Å². The van der Waals surface area contributed by atoms with Crippen LogP contribution in [-0.2, 0) is 6.54 Å². The first kappa shape index (κ1) is 8.74. The molecule has 0 saturated carbocycles. The molecule has 0 aliphatic carbocycles. The van der Waals surface area contributed by atoms with Crippen LogP contribution in [0, 0.1) is 5.92 Å². The number of hydrogen-bond acceptors (Lipinski definition) is 3. The van der Waals surface area contributed by atoms with Crippen molar-refractivity contribution in [1.29, 1.82) is 0 Å². The van der Waals surface area contributed by atoms with Gasteiger partial charge >= 0.3 is 4.87 Å². The fourth-order valence-corrected chi connectivity index (χ4v) is 1.54. The van der Waals surface area contributed by atoms with Gasteiger partial charge in [-0.05, 0) is 28.9 Å². The lowest BCUT2D eigenvalue weighted by molar-refractivity contribution is 0.474. The molecule has 0 radical (unpaired) electrons. The van der Waals surface area contributed by atoms with Crippen molar-refractivity contribution < 1.29 is 0 Å². The highest BCUT2D eigenvalue weighted by atomic mass is 35.5. The Morgan fingerprint density at radius 3 is 2.73 bits per heavy atom. The fraction of sp³-hybridized carbons (Fsp3) is 0.667. The summed E-state index contributed by atoms with van der Waals surface area (Å²) in [7, 11) is 0. The Kier molecular flexibility index (Phi) is 2.67. The number of halogens is 1. The Hall–Kier alpha value is -0.350. The van der Waals surface area contributed by atoms with Crippen molar-refractivity contribution in [2.45, 2.75) is 20.4 Å². The summed E-state index contributed by atoms with van der Waals surface area (Å²) in [6.45, 7) is 4.70. The largest absolute Gasteiger partial charge is 0.326 e. The molecule has 0 bridgehead atoms. The van der Waals surface area contributed by atoms with Gasteiger partial charge in [-0.2, -0.15) is 0 Å². The highest BCUT2D eigenvalue weighted by molar-refractivity contribution is 7.13. The highest BCUT2D eigenvalue weighted by Gasteiger charge is 2.04. The van der Waals surface area contributed by atoms with E-state index in [-0.39, 0.29) is 4.87 Å². The van der Waals surface area contributed by atoms with Crippen molar-refractivity contribution in [3.63, 3.8) is 0 Å². The monoisotopic (exact) mass is 192 g/mol. The third kappa shape index (κ3) is 2.31. The zero-order valence-electron chi connectivity index (χ0n) is 6.37. The second-order valence-corrected chi connectivity index (χ2v) is 4.22. The molecule has 0 spiro atoms. The quantitative estimate of drug-likeness (QED) is 0.714. The van der Waals surface area contributed by atoms with E-state index in [0.717, 1.165) is 11.3 Å². The first-order valence-electron chi connectivity index (χ1n) is 3.33. The van der Waals surface area contributed by atoms with Gasteiger partial charge in [-0.3, -0.25) is 4.79 Å². The summed E-state index contributed by atoms with van der Waals surface area (Å²) in [4.78, 5) is 10.9. The lowest BCUT2D eigenvalue weighted by Crippen LogP contribution is -2.17. The Bertz CT molecular complexity index is 291. The highest BCUT2D eigenvalue weighted by Crippen LogP contribution is 2.06. The lowest BCUT2D eigenvalue weighted by Gasteiger charge is -2.00. The van der Waals surface area contributed by atoms with Gasteiger partial charge < -0.3 is 0 Å². The van der Waals surface area contributed by atoms with Gasteiger partial charge in [-0.1, -0.05) is 13.8 Å². The predicted molar refractivity (Wildman–Crippen MR) is 46.2 cm³/mol. The van der Waals surface area contributed by atoms with Crippen LogP contribution in [0.4, 0.5) is 0 Å². The van der Waals surface area contributed by atoms with E-state index in [2.05, 4.69) is 5.10 Å². The summed E-state index contributed by atoms with van der Waals surface area (Å²) < 4.78 is 1.72. The molecular formula is C6H9ClN2OS. The topological polar surface area (TPSA) is 34.9 Å². The smallest absolute Gasteiger partial charge is 0.255 e. The molecule has 3 nitrogen and oxygen atoms in total. The molecule has 0 saturated heterocycles. The van der Waals surface area contributed by atoms with Crippen molar-refractivity contribution in [1.82, 2.24) is 9.78 Å². The molecule has 0 atom stereocenters. The summed E-state index contributed by atoms with van der Waals surface area (Å²) in [5.41, 5.74) is 0. The molecule has 0 N–H and O–H groups in total. The minimum absolute atomic E-state index is 0.0799. The van der Waals surface area contributed by atoms with Gasteiger partial charge in [0.1, 0.15) is 0 Å². The third-order valence-corrected chi connectivity index (χ3v) is 2.06. The van der Waals surface area contributed by atoms with Crippen LogP contribution in [0.2, 0.25) is 4.47 Å². The van der Waals surface area contributed by atoms with E-state index < -0.39 is 0 Å². The van der Waals surface area contributed by atoms with Crippen LogP contribution in [0.5, 0.6) is 0 Å². The summed E-state index contributed by atoms with van der Waals surface area (Å²) in [5.74, 6) is 0.422. The molecular weight excluding hydrogens is 184 g/mol. The van der Waals surface area contributed by atoms with Crippen molar-refractivity contribution in [3.05, 3.63) is 14.1 Å². The Balaban J connectivity index is 2.86. The van der Waals surface area contributed by atoms with Crippen molar-refractivity contribution in [3.8, 4) is 0 Å². The van der Waals surface area contributed by atoms with Gasteiger partial charge in [0.25, 0.3) is 0 Å². The van der Waals surface area contributed by atoms with Crippen LogP contribution >= 0.6 is 22.9 Å². The van der Waals surface area contributed by atoms with Gasteiger partial charge in [-0.25, -0.2) is 4.68 Å². The second-order valence-electron chi connectivity index (χ2n) is 2.70. The number of rotatable bonds is 2. The zero-order chi connectivity index (χ0) is 8.43.